The van der Waals surface area contributed by atoms with E-state index in [0.717, 1.165) is 25.7 Å². The minimum atomic E-state index is -4.48. The van der Waals surface area contributed by atoms with Crippen LogP contribution in [0.4, 0.5) is 0 Å². The fraction of sp³-hybridized carbons (Fsp3) is 0.857. The van der Waals surface area contributed by atoms with Gasteiger partial charge in [0.25, 0.3) is 0 Å². The van der Waals surface area contributed by atoms with E-state index in [1.54, 1.807) is 0 Å². The number of benzene rings is 1. The zero-order valence-corrected chi connectivity index (χ0v) is 41.4. The standard InChI is InChI=1S/C18H30.2C12H26O4S.2Na/c1-2-3-4-5-6-7-8-9-10-12-15-18-16-13-11-14-17-18;2*1-2-3-4-5-6-7-8-9-10-11-12-16-17(13,14)15;;/h11,13-14,16-17H,2-10,12,15H2,1H3;2*2-12H2,1H3,(H,13,14,15);;/q;;;2*+1/p-2. The molecule has 0 radical (unpaired) electrons. The monoisotopic (exact) mass is 823 g/mol. The Hall–Kier alpha value is 0.960. The maximum atomic E-state index is 10.1. The molecule has 0 aliphatic rings. The molecule has 0 aliphatic carbocycles. The predicted molar refractivity (Wildman–Crippen MR) is 217 cm³/mol. The summed E-state index contributed by atoms with van der Waals surface area (Å²) in [6.07, 6.45) is 38.9. The first-order valence-electron chi connectivity index (χ1n) is 21.3. The van der Waals surface area contributed by atoms with Gasteiger partial charge in [0.05, 0.1) is 13.2 Å². The number of hydrogen-bond acceptors (Lipinski definition) is 8. The molecular formula is C42H80Na2O8S2. The fourth-order valence-corrected chi connectivity index (χ4v) is 6.61. The van der Waals surface area contributed by atoms with Crippen LogP contribution in [-0.2, 0) is 35.6 Å². The maximum Gasteiger partial charge on any atom is 1.00 e. The molecule has 0 saturated carbocycles. The Kier molecular flexibility index (Phi) is 55.2. The van der Waals surface area contributed by atoms with Crippen LogP contribution in [0.1, 0.15) is 219 Å². The molecule has 0 saturated heterocycles. The first kappa shape index (κ1) is 61.6. The van der Waals surface area contributed by atoms with Crippen molar-refractivity contribution in [3.8, 4) is 0 Å². The molecule has 0 unspecified atom stereocenters. The minimum absolute atomic E-state index is 0. The largest absolute Gasteiger partial charge is 1.00 e. The number of aryl methyl sites for hydroxylation is 1. The Morgan fingerprint density at radius 3 is 0.889 bits per heavy atom. The quantitative estimate of drug-likeness (QED) is 0.0312. The summed E-state index contributed by atoms with van der Waals surface area (Å²) < 4.78 is 68.9. The van der Waals surface area contributed by atoms with Crippen molar-refractivity contribution in [1.82, 2.24) is 0 Å². The minimum Gasteiger partial charge on any atom is -0.726 e. The molecule has 1 aromatic rings. The van der Waals surface area contributed by atoms with Crippen molar-refractivity contribution in [2.75, 3.05) is 13.2 Å². The van der Waals surface area contributed by atoms with E-state index >= 15 is 0 Å². The predicted octanol–water partition coefficient (Wildman–Crippen LogP) is 6.93. The zero-order valence-electron chi connectivity index (χ0n) is 35.8. The summed E-state index contributed by atoms with van der Waals surface area (Å²) in [5, 5.41) is 0. The molecule has 0 heterocycles. The van der Waals surface area contributed by atoms with E-state index in [-0.39, 0.29) is 72.3 Å². The van der Waals surface area contributed by atoms with Gasteiger partial charge < -0.3 is 9.11 Å². The fourth-order valence-electron chi connectivity index (χ4n) is 5.96. The van der Waals surface area contributed by atoms with Crippen LogP contribution in [0.15, 0.2) is 30.3 Å². The zero-order chi connectivity index (χ0) is 38.9. The molecule has 310 valence electrons. The van der Waals surface area contributed by atoms with Crippen LogP contribution in [0, 0.1) is 0 Å². The summed E-state index contributed by atoms with van der Waals surface area (Å²) in [6, 6.07) is 10.9. The Morgan fingerprint density at radius 1 is 0.389 bits per heavy atom. The van der Waals surface area contributed by atoms with Crippen LogP contribution >= 0.6 is 0 Å². The molecule has 0 spiro atoms. The summed E-state index contributed by atoms with van der Waals surface area (Å²) in [4.78, 5) is 0. The van der Waals surface area contributed by atoms with E-state index in [4.69, 9.17) is 0 Å². The van der Waals surface area contributed by atoms with E-state index in [1.807, 2.05) is 0 Å². The van der Waals surface area contributed by atoms with E-state index in [0.29, 0.717) is 12.8 Å². The first-order chi connectivity index (χ1) is 25.1. The van der Waals surface area contributed by atoms with Gasteiger partial charge in [-0.1, -0.05) is 224 Å². The second-order valence-corrected chi connectivity index (χ2v) is 16.3. The van der Waals surface area contributed by atoms with Crippen molar-refractivity contribution < 1.29 is 93.4 Å². The molecule has 54 heavy (non-hydrogen) atoms. The van der Waals surface area contributed by atoms with Gasteiger partial charge in [0.1, 0.15) is 0 Å². The molecule has 12 heteroatoms. The SMILES string of the molecule is CCCCCCCCCCCCOS(=O)(=O)[O-].CCCCCCCCCCCCOS(=O)(=O)[O-].CCCCCCCCCCCCc1ccccc1.[Na+].[Na+]. The van der Waals surface area contributed by atoms with Crippen LogP contribution in [0.3, 0.4) is 0 Å². The van der Waals surface area contributed by atoms with Gasteiger partial charge in [0.15, 0.2) is 0 Å². The van der Waals surface area contributed by atoms with Crippen molar-refractivity contribution in [2.45, 2.75) is 220 Å². The van der Waals surface area contributed by atoms with Gasteiger partial charge in [-0.15, -0.1) is 0 Å². The van der Waals surface area contributed by atoms with Gasteiger partial charge in [-0.25, -0.2) is 16.8 Å². The van der Waals surface area contributed by atoms with Crippen molar-refractivity contribution in [1.29, 1.82) is 0 Å². The van der Waals surface area contributed by atoms with E-state index in [9.17, 15) is 25.9 Å². The molecule has 0 atom stereocenters. The smallest absolute Gasteiger partial charge is 0.726 e. The molecule has 8 nitrogen and oxygen atoms in total. The van der Waals surface area contributed by atoms with E-state index in [2.05, 4.69) is 59.5 Å². The van der Waals surface area contributed by atoms with Crippen molar-refractivity contribution in [3.63, 3.8) is 0 Å². The molecule has 0 fully saturated rings. The molecule has 1 rings (SSSR count). The van der Waals surface area contributed by atoms with Gasteiger partial charge in [0.2, 0.25) is 20.8 Å². The number of rotatable bonds is 35. The van der Waals surface area contributed by atoms with Crippen LogP contribution in [0.2, 0.25) is 0 Å². The van der Waals surface area contributed by atoms with E-state index in [1.165, 1.54) is 166 Å². The Balaban J connectivity index is -0.000000341. The van der Waals surface area contributed by atoms with Crippen LogP contribution < -0.4 is 59.1 Å². The summed E-state index contributed by atoms with van der Waals surface area (Å²) in [6.45, 7) is 6.77. The van der Waals surface area contributed by atoms with Gasteiger partial charge in [-0.3, -0.25) is 8.37 Å². The summed E-state index contributed by atoms with van der Waals surface area (Å²) in [5.41, 5.74) is 1.50. The molecule has 0 bridgehead atoms. The van der Waals surface area contributed by atoms with Crippen molar-refractivity contribution >= 4 is 20.8 Å². The first-order valence-corrected chi connectivity index (χ1v) is 24.0. The van der Waals surface area contributed by atoms with Crippen molar-refractivity contribution in [3.05, 3.63) is 35.9 Å². The van der Waals surface area contributed by atoms with Crippen LogP contribution in [0.5, 0.6) is 0 Å². The summed E-state index contributed by atoms with van der Waals surface area (Å²) in [7, 11) is -8.97. The third-order valence-corrected chi connectivity index (χ3v) is 10.0. The van der Waals surface area contributed by atoms with Crippen molar-refractivity contribution in [2.24, 2.45) is 0 Å². The normalized spacial score (nSPS) is 11.1. The van der Waals surface area contributed by atoms with E-state index < -0.39 is 20.8 Å². The molecule has 0 amide bonds. The number of hydrogen-bond donors (Lipinski definition) is 0. The average molecular weight is 823 g/mol. The molecule has 0 N–H and O–H groups in total. The maximum absolute atomic E-state index is 10.1. The topological polar surface area (TPSA) is 133 Å². The summed E-state index contributed by atoms with van der Waals surface area (Å²) >= 11 is 0. The Labute approximate surface area is 379 Å². The third-order valence-electron chi connectivity index (χ3n) is 9.11. The molecule has 0 aliphatic heterocycles. The van der Waals surface area contributed by atoms with Gasteiger partial charge in [-0.2, -0.15) is 0 Å². The Morgan fingerprint density at radius 2 is 0.630 bits per heavy atom. The molecular weight excluding hydrogens is 743 g/mol. The number of unbranched alkanes of at least 4 members (excludes halogenated alkanes) is 27. The Bertz CT molecular complexity index is 992. The molecule has 1 aromatic carbocycles. The summed E-state index contributed by atoms with van der Waals surface area (Å²) in [5.74, 6) is 0. The average Bonchev–Trinajstić information content (AvgIpc) is 3.10. The second kappa shape index (κ2) is 48.3. The molecule has 0 aromatic heterocycles. The van der Waals surface area contributed by atoms with Gasteiger partial charge >= 0.3 is 59.1 Å². The third kappa shape index (κ3) is 59.6. The second-order valence-electron chi connectivity index (χ2n) is 14.2. The van der Waals surface area contributed by atoms with Crippen LogP contribution in [-0.4, -0.2) is 39.2 Å². The van der Waals surface area contributed by atoms with Gasteiger partial charge in [-0.05, 0) is 31.2 Å². The van der Waals surface area contributed by atoms with Gasteiger partial charge in [0, 0.05) is 0 Å². The van der Waals surface area contributed by atoms with Crippen LogP contribution in [0.25, 0.3) is 0 Å².